The Morgan fingerprint density at radius 1 is 1.26 bits per heavy atom. The number of aromatic nitrogens is 1. The number of anilines is 1. The van der Waals surface area contributed by atoms with Gasteiger partial charge < -0.3 is 15.0 Å². The molecule has 1 fully saturated rings. The molecule has 0 aliphatic carbocycles. The highest BCUT2D eigenvalue weighted by Gasteiger charge is 2.34. The van der Waals surface area contributed by atoms with Crippen LogP contribution in [0.15, 0.2) is 42.6 Å². The Hall–Kier alpha value is -2.77. The van der Waals surface area contributed by atoms with Crippen molar-refractivity contribution in [3.05, 3.63) is 53.7 Å². The Balaban J connectivity index is 1.54. The Labute approximate surface area is 155 Å². The van der Waals surface area contributed by atoms with Crippen molar-refractivity contribution in [2.24, 2.45) is 0 Å². The number of amides is 1. The van der Waals surface area contributed by atoms with E-state index >= 15 is 0 Å². The van der Waals surface area contributed by atoms with Crippen molar-refractivity contribution in [1.82, 2.24) is 10.3 Å². The molecule has 1 aromatic carbocycles. The molecule has 2 heterocycles. The number of nitrogens with one attached hydrogen (secondary N) is 1. The fraction of sp³-hybridized carbons (Fsp3) is 0.368. The van der Waals surface area contributed by atoms with Crippen LogP contribution in [0.2, 0.25) is 0 Å². The van der Waals surface area contributed by atoms with Crippen LogP contribution in [0, 0.1) is 0 Å². The molecule has 1 aliphatic rings. The largest absolute Gasteiger partial charge is 0.487 e. The number of carbonyl (C=O) groups excluding carboxylic acids is 1. The van der Waals surface area contributed by atoms with Crippen molar-refractivity contribution in [2.45, 2.75) is 32.2 Å². The molecule has 0 spiro atoms. The molecule has 0 radical (unpaired) electrons. The molecule has 5 nitrogen and oxygen atoms in total. The van der Waals surface area contributed by atoms with Gasteiger partial charge in [-0.15, -0.1) is 0 Å². The minimum absolute atomic E-state index is 0.0947. The molecule has 2 aromatic rings. The van der Waals surface area contributed by atoms with Crippen molar-refractivity contribution in [1.29, 1.82) is 0 Å². The first-order valence-electron chi connectivity index (χ1n) is 8.54. The predicted molar refractivity (Wildman–Crippen MR) is 94.5 cm³/mol. The van der Waals surface area contributed by atoms with Gasteiger partial charge in [0.25, 0.3) is 0 Å². The van der Waals surface area contributed by atoms with Gasteiger partial charge in [-0.1, -0.05) is 12.1 Å². The van der Waals surface area contributed by atoms with E-state index < -0.39 is 11.7 Å². The molecule has 3 rings (SSSR count). The maximum Gasteiger partial charge on any atom is 0.416 e. The van der Waals surface area contributed by atoms with E-state index in [9.17, 15) is 18.0 Å². The minimum Gasteiger partial charge on any atom is -0.487 e. The van der Waals surface area contributed by atoms with Crippen molar-refractivity contribution >= 4 is 11.7 Å². The van der Waals surface area contributed by atoms with E-state index in [0.29, 0.717) is 24.7 Å². The number of pyridine rings is 1. The molecular weight excluding hydrogens is 359 g/mol. The number of benzene rings is 1. The van der Waals surface area contributed by atoms with Crippen LogP contribution in [0.5, 0.6) is 5.75 Å². The highest BCUT2D eigenvalue weighted by atomic mass is 19.4. The number of ether oxygens (including phenoxy) is 1. The van der Waals surface area contributed by atoms with E-state index in [4.69, 9.17) is 4.74 Å². The third kappa shape index (κ3) is 4.69. The van der Waals surface area contributed by atoms with Crippen LogP contribution in [0.25, 0.3) is 0 Å². The van der Waals surface area contributed by atoms with E-state index in [1.54, 1.807) is 4.90 Å². The van der Waals surface area contributed by atoms with Gasteiger partial charge in [-0.05, 0) is 36.8 Å². The normalized spacial score (nSPS) is 15.8. The second-order valence-electron chi connectivity index (χ2n) is 6.54. The SMILES string of the molecule is CC(=O)N[C@@H](C)c1ccc(OC2CN(c3cc(C(F)(F)F)ccn3)C2)cc1. The van der Waals surface area contributed by atoms with Gasteiger partial charge in [-0.2, -0.15) is 13.2 Å². The number of nitrogens with zero attached hydrogens (tertiary/aromatic N) is 2. The van der Waals surface area contributed by atoms with Crippen molar-refractivity contribution in [3.63, 3.8) is 0 Å². The number of halogens is 3. The zero-order valence-corrected chi connectivity index (χ0v) is 15.0. The second-order valence-corrected chi connectivity index (χ2v) is 6.54. The molecule has 144 valence electrons. The fourth-order valence-electron chi connectivity index (χ4n) is 2.88. The van der Waals surface area contributed by atoms with Gasteiger partial charge in [0.2, 0.25) is 5.91 Å². The van der Waals surface area contributed by atoms with Gasteiger partial charge in [-0.25, -0.2) is 4.98 Å². The first-order valence-corrected chi connectivity index (χ1v) is 8.54. The maximum atomic E-state index is 12.8. The third-order valence-corrected chi connectivity index (χ3v) is 4.35. The first-order chi connectivity index (χ1) is 12.7. The molecule has 0 unspecified atom stereocenters. The van der Waals surface area contributed by atoms with E-state index in [0.717, 1.165) is 17.7 Å². The van der Waals surface area contributed by atoms with Gasteiger partial charge in [-0.3, -0.25) is 4.79 Å². The van der Waals surface area contributed by atoms with E-state index in [1.165, 1.54) is 13.1 Å². The van der Waals surface area contributed by atoms with Crippen LogP contribution in [-0.4, -0.2) is 30.1 Å². The first kappa shape index (κ1) is 19.0. The lowest BCUT2D eigenvalue weighted by Crippen LogP contribution is -2.54. The summed E-state index contributed by atoms with van der Waals surface area (Å²) in [5, 5.41) is 2.81. The lowest BCUT2D eigenvalue weighted by atomic mass is 10.1. The minimum atomic E-state index is -4.38. The lowest BCUT2D eigenvalue weighted by Gasteiger charge is -2.40. The molecule has 27 heavy (non-hydrogen) atoms. The Kier molecular flexibility index (Phi) is 5.25. The molecule has 1 atom stereocenters. The quantitative estimate of drug-likeness (QED) is 0.863. The molecule has 0 saturated carbocycles. The van der Waals surface area contributed by atoms with E-state index in [2.05, 4.69) is 10.3 Å². The smallest absolute Gasteiger partial charge is 0.416 e. The summed E-state index contributed by atoms with van der Waals surface area (Å²) in [4.78, 5) is 16.9. The van der Waals surface area contributed by atoms with Crippen LogP contribution < -0.4 is 15.0 Å². The summed E-state index contributed by atoms with van der Waals surface area (Å²) < 4.78 is 44.2. The summed E-state index contributed by atoms with van der Waals surface area (Å²) in [6, 6.07) is 9.30. The van der Waals surface area contributed by atoms with Gasteiger partial charge in [0.05, 0.1) is 24.7 Å². The zero-order valence-electron chi connectivity index (χ0n) is 15.0. The summed E-state index contributed by atoms with van der Waals surface area (Å²) in [7, 11) is 0. The van der Waals surface area contributed by atoms with Crippen molar-refractivity contribution < 1.29 is 22.7 Å². The summed E-state index contributed by atoms with van der Waals surface area (Å²) in [5.41, 5.74) is 0.252. The van der Waals surface area contributed by atoms with Gasteiger partial charge in [0.15, 0.2) is 0 Å². The zero-order chi connectivity index (χ0) is 19.6. The number of hydrogen-bond donors (Lipinski definition) is 1. The van der Waals surface area contributed by atoms with Crippen LogP contribution in [0.4, 0.5) is 19.0 Å². The van der Waals surface area contributed by atoms with Gasteiger partial charge >= 0.3 is 6.18 Å². The Bertz CT molecular complexity index is 803. The summed E-state index contributed by atoms with van der Waals surface area (Å²) in [6.45, 7) is 4.30. The van der Waals surface area contributed by atoms with Crippen LogP contribution in [0.3, 0.4) is 0 Å². The second kappa shape index (κ2) is 7.46. The molecule has 1 saturated heterocycles. The van der Waals surface area contributed by atoms with Crippen LogP contribution in [0.1, 0.15) is 31.0 Å². The Morgan fingerprint density at radius 2 is 1.93 bits per heavy atom. The van der Waals surface area contributed by atoms with E-state index in [1.807, 2.05) is 31.2 Å². The van der Waals surface area contributed by atoms with Gasteiger partial charge in [0, 0.05) is 13.1 Å². The predicted octanol–water partition coefficient (Wildman–Crippen LogP) is 3.57. The summed E-state index contributed by atoms with van der Waals surface area (Å²) in [6.07, 6.45) is -3.32. The molecule has 0 bridgehead atoms. The maximum absolute atomic E-state index is 12.8. The third-order valence-electron chi connectivity index (χ3n) is 4.35. The summed E-state index contributed by atoms with van der Waals surface area (Å²) in [5.74, 6) is 0.875. The average molecular weight is 379 g/mol. The standard InChI is InChI=1S/C19H20F3N3O2/c1-12(24-13(2)26)14-3-5-16(6-4-14)27-17-10-25(11-17)18-9-15(7-8-23-18)19(20,21)22/h3-9,12,17H,10-11H2,1-2H3,(H,24,26)/t12-/m0/s1. The van der Waals surface area contributed by atoms with Crippen LogP contribution >= 0.6 is 0 Å². The fourth-order valence-corrected chi connectivity index (χ4v) is 2.88. The van der Waals surface area contributed by atoms with Gasteiger partial charge in [0.1, 0.15) is 17.7 Å². The lowest BCUT2D eigenvalue weighted by molar-refractivity contribution is -0.137. The van der Waals surface area contributed by atoms with Crippen LogP contribution in [-0.2, 0) is 11.0 Å². The molecule has 1 amide bonds. The van der Waals surface area contributed by atoms with E-state index in [-0.39, 0.29) is 18.1 Å². The molecule has 1 aromatic heterocycles. The molecule has 1 N–H and O–H groups in total. The molecular formula is C19H20F3N3O2. The number of hydrogen-bond acceptors (Lipinski definition) is 4. The Morgan fingerprint density at radius 3 is 2.52 bits per heavy atom. The van der Waals surface area contributed by atoms with Crippen molar-refractivity contribution in [3.8, 4) is 5.75 Å². The molecule has 8 heteroatoms. The molecule has 1 aliphatic heterocycles. The number of alkyl halides is 3. The highest BCUT2D eigenvalue weighted by Crippen LogP contribution is 2.32. The number of carbonyl (C=O) groups is 1. The highest BCUT2D eigenvalue weighted by molar-refractivity contribution is 5.73. The monoisotopic (exact) mass is 379 g/mol. The average Bonchev–Trinajstić information content (AvgIpc) is 2.57. The van der Waals surface area contributed by atoms with Crippen molar-refractivity contribution in [2.75, 3.05) is 18.0 Å². The summed E-state index contributed by atoms with van der Waals surface area (Å²) >= 11 is 0. The topological polar surface area (TPSA) is 54.5 Å². The number of rotatable bonds is 5.